The number of carbonyl (C=O) groups excluding carboxylic acids is 2. The van der Waals surface area contributed by atoms with Gasteiger partial charge in [-0.25, -0.2) is 0 Å². The molecule has 1 aliphatic carbocycles. The van der Waals surface area contributed by atoms with Crippen LogP contribution in [0.5, 0.6) is 0 Å². The van der Waals surface area contributed by atoms with E-state index in [0.29, 0.717) is 24.7 Å². The molecule has 182 valence electrons. The summed E-state index contributed by atoms with van der Waals surface area (Å²) in [6.07, 6.45) is 4.78. The van der Waals surface area contributed by atoms with Crippen LogP contribution in [0.15, 0.2) is 24.3 Å². The first-order valence-electron chi connectivity index (χ1n) is 12.8. The van der Waals surface area contributed by atoms with Gasteiger partial charge in [0.25, 0.3) is 5.91 Å². The first-order chi connectivity index (χ1) is 16.4. The van der Waals surface area contributed by atoms with Crippen molar-refractivity contribution in [3.05, 3.63) is 52.3 Å². The van der Waals surface area contributed by atoms with Crippen molar-refractivity contribution in [1.82, 2.24) is 19.6 Å². The van der Waals surface area contributed by atoms with E-state index in [1.807, 2.05) is 28.3 Å². The second kappa shape index (κ2) is 9.53. The molecule has 0 N–H and O–H groups in total. The first kappa shape index (κ1) is 23.1. The number of aromatic nitrogens is 2. The number of hydrogen-bond donors (Lipinski definition) is 0. The van der Waals surface area contributed by atoms with Gasteiger partial charge in [-0.1, -0.05) is 24.3 Å². The lowest BCUT2D eigenvalue weighted by Gasteiger charge is -2.35. The lowest BCUT2D eigenvalue weighted by Crippen LogP contribution is -2.48. The normalized spacial score (nSPS) is 23.3. The van der Waals surface area contributed by atoms with Gasteiger partial charge in [0.05, 0.1) is 12.2 Å². The van der Waals surface area contributed by atoms with Crippen molar-refractivity contribution in [2.24, 2.45) is 0 Å². The molecule has 2 fully saturated rings. The average molecular weight is 465 g/mol. The van der Waals surface area contributed by atoms with E-state index >= 15 is 0 Å². The molecule has 7 nitrogen and oxygen atoms in total. The van der Waals surface area contributed by atoms with Crippen LogP contribution in [0.1, 0.15) is 71.9 Å². The molecule has 0 spiro atoms. The first-order valence-corrected chi connectivity index (χ1v) is 12.8. The second-order valence-corrected chi connectivity index (χ2v) is 10.3. The van der Waals surface area contributed by atoms with Crippen LogP contribution in [-0.4, -0.2) is 69.8 Å². The van der Waals surface area contributed by atoms with E-state index in [2.05, 4.69) is 31.2 Å². The fourth-order valence-electron chi connectivity index (χ4n) is 6.02. The number of rotatable bonds is 4. The number of morpholine rings is 1. The maximum atomic E-state index is 13.3. The van der Waals surface area contributed by atoms with Crippen molar-refractivity contribution < 1.29 is 14.3 Å². The van der Waals surface area contributed by atoms with Gasteiger partial charge in [-0.3, -0.25) is 14.3 Å². The number of amides is 2. The highest BCUT2D eigenvalue weighted by Gasteiger charge is 2.33. The molecule has 2 saturated heterocycles. The topological polar surface area (TPSA) is 67.7 Å². The smallest absolute Gasteiger partial charge is 0.274 e. The molecule has 2 aliphatic heterocycles. The molecular weight excluding hydrogens is 428 g/mol. The monoisotopic (exact) mass is 464 g/mol. The van der Waals surface area contributed by atoms with Gasteiger partial charge in [0.15, 0.2) is 5.69 Å². The fraction of sp³-hybridized carbons (Fsp3) is 0.593. The van der Waals surface area contributed by atoms with E-state index in [9.17, 15) is 9.59 Å². The van der Waals surface area contributed by atoms with Crippen LogP contribution in [0.2, 0.25) is 0 Å². The summed E-state index contributed by atoms with van der Waals surface area (Å²) >= 11 is 0. The Bertz CT molecular complexity index is 1060. The number of fused-ring (bicyclic) bond motifs is 1. The highest BCUT2D eigenvalue weighted by molar-refractivity contribution is 5.94. The lowest BCUT2D eigenvalue weighted by atomic mass is 9.87. The van der Waals surface area contributed by atoms with Gasteiger partial charge in [-0.15, -0.1) is 0 Å². The number of likely N-dealkylation sites (tertiary alicyclic amines) is 1. The molecule has 0 bridgehead atoms. The van der Waals surface area contributed by atoms with Gasteiger partial charge >= 0.3 is 0 Å². The van der Waals surface area contributed by atoms with Gasteiger partial charge in [-0.05, 0) is 69.9 Å². The largest absolute Gasteiger partial charge is 0.372 e. The van der Waals surface area contributed by atoms with Gasteiger partial charge in [0.1, 0.15) is 6.54 Å². The van der Waals surface area contributed by atoms with Gasteiger partial charge in [-0.2, -0.15) is 5.10 Å². The Morgan fingerprint density at radius 3 is 2.44 bits per heavy atom. The number of carbonyl (C=O) groups is 2. The second-order valence-electron chi connectivity index (χ2n) is 10.3. The molecule has 2 atom stereocenters. The summed E-state index contributed by atoms with van der Waals surface area (Å²) in [5.41, 5.74) is 5.40. The maximum Gasteiger partial charge on any atom is 0.274 e. The summed E-state index contributed by atoms with van der Waals surface area (Å²) in [7, 11) is 0. The zero-order valence-corrected chi connectivity index (χ0v) is 20.6. The number of nitrogens with zero attached hydrogens (tertiary/aromatic N) is 4. The van der Waals surface area contributed by atoms with E-state index in [1.165, 1.54) is 11.1 Å². The van der Waals surface area contributed by atoms with Crippen LogP contribution in [0, 0.1) is 6.92 Å². The van der Waals surface area contributed by atoms with Crippen molar-refractivity contribution in [3.8, 4) is 0 Å². The average Bonchev–Trinajstić information content (AvgIpc) is 3.42. The number of aryl methyl sites for hydroxylation is 1. The van der Waals surface area contributed by atoms with Crippen molar-refractivity contribution in [3.63, 3.8) is 0 Å². The minimum absolute atomic E-state index is 0.0204. The van der Waals surface area contributed by atoms with Crippen LogP contribution in [-0.2, 0) is 28.9 Å². The fourth-order valence-corrected chi connectivity index (χ4v) is 6.02. The number of ether oxygens (including phenoxy) is 1. The molecule has 34 heavy (non-hydrogen) atoms. The van der Waals surface area contributed by atoms with E-state index in [-0.39, 0.29) is 30.6 Å². The van der Waals surface area contributed by atoms with Crippen molar-refractivity contribution in [1.29, 1.82) is 0 Å². The molecule has 2 amide bonds. The number of hydrogen-bond acceptors (Lipinski definition) is 4. The van der Waals surface area contributed by atoms with Crippen LogP contribution in [0.25, 0.3) is 0 Å². The minimum atomic E-state index is -0.0228. The molecule has 5 rings (SSSR count). The SMILES string of the molecule is Cc1ccccc1C1CCN(C(=O)Cn2nc(C(=O)N3C[C@@H](C)O[C@@H](C)C3)c3c2CCC3)CC1. The summed E-state index contributed by atoms with van der Waals surface area (Å²) in [6, 6.07) is 8.58. The number of benzene rings is 1. The van der Waals surface area contributed by atoms with E-state index in [0.717, 1.165) is 56.5 Å². The van der Waals surface area contributed by atoms with Gasteiger partial charge in [0, 0.05) is 37.4 Å². The van der Waals surface area contributed by atoms with Crippen molar-refractivity contribution in [2.45, 2.75) is 77.5 Å². The van der Waals surface area contributed by atoms with Crippen molar-refractivity contribution >= 4 is 11.8 Å². The predicted molar refractivity (Wildman–Crippen MR) is 130 cm³/mol. The van der Waals surface area contributed by atoms with Crippen LogP contribution < -0.4 is 0 Å². The highest BCUT2D eigenvalue weighted by Crippen LogP contribution is 2.31. The molecular formula is C27H36N4O3. The summed E-state index contributed by atoms with van der Waals surface area (Å²) in [5.74, 6) is 0.597. The third-order valence-corrected chi connectivity index (χ3v) is 7.68. The Morgan fingerprint density at radius 2 is 1.74 bits per heavy atom. The maximum absolute atomic E-state index is 13.3. The Kier molecular flexibility index (Phi) is 6.47. The van der Waals surface area contributed by atoms with Crippen LogP contribution in [0.3, 0.4) is 0 Å². The summed E-state index contributed by atoms with van der Waals surface area (Å²) in [4.78, 5) is 30.4. The Balaban J connectivity index is 1.26. The van der Waals surface area contributed by atoms with Crippen LogP contribution in [0.4, 0.5) is 0 Å². The molecule has 7 heteroatoms. The minimum Gasteiger partial charge on any atom is -0.372 e. The molecule has 1 aromatic carbocycles. The molecule has 3 heterocycles. The predicted octanol–water partition coefficient (Wildman–Crippen LogP) is 3.34. The Hall–Kier alpha value is -2.67. The Morgan fingerprint density at radius 1 is 1.03 bits per heavy atom. The lowest BCUT2D eigenvalue weighted by molar-refractivity contribution is -0.133. The molecule has 0 saturated carbocycles. The van der Waals surface area contributed by atoms with Gasteiger partial charge < -0.3 is 14.5 Å². The van der Waals surface area contributed by atoms with E-state index < -0.39 is 0 Å². The molecule has 0 unspecified atom stereocenters. The quantitative estimate of drug-likeness (QED) is 0.696. The zero-order valence-electron chi connectivity index (χ0n) is 20.6. The standard InChI is InChI=1S/C27H36N4O3/c1-18-7-4-5-8-22(18)21-11-13-29(14-12-21)25(32)17-31-24-10-6-9-23(24)26(28-31)27(33)30-15-19(2)34-20(3)16-30/h4-5,7-8,19-21H,6,9-17H2,1-3H3/t19-,20+. The van der Waals surface area contributed by atoms with Crippen LogP contribution >= 0.6 is 0 Å². The Labute approximate surface area is 202 Å². The molecule has 0 radical (unpaired) electrons. The van der Waals surface area contributed by atoms with Gasteiger partial charge in [0.2, 0.25) is 5.91 Å². The summed E-state index contributed by atoms with van der Waals surface area (Å²) < 4.78 is 7.61. The highest BCUT2D eigenvalue weighted by atomic mass is 16.5. The van der Waals surface area contributed by atoms with E-state index in [1.54, 1.807) is 0 Å². The van der Waals surface area contributed by atoms with Crippen molar-refractivity contribution in [2.75, 3.05) is 26.2 Å². The van der Waals surface area contributed by atoms with E-state index in [4.69, 9.17) is 9.84 Å². The molecule has 1 aromatic heterocycles. The summed E-state index contributed by atoms with van der Waals surface area (Å²) in [6.45, 7) is 9.11. The third kappa shape index (κ3) is 4.50. The molecule has 2 aromatic rings. The number of piperidine rings is 1. The third-order valence-electron chi connectivity index (χ3n) is 7.68. The summed E-state index contributed by atoms with van der Waals surface area (Å²) in [5, 5.41) is 4.70. The molecule has 3 aliphatic rings. The zero-order chi connectivity index (χ0) is 23.8.